The Morgan fingerprint density at radius 3 is 1.84 bits per heavy atom. The fraction of sp³-hybridized carbons (Fsp3) is 0.156. The van der Waals surface area contributed by atoms with E-state index in [0.717, 1.165) is 0 Å². The minimum absolute atomic E-state index is 0.0150. The summed E-state index contributed by atoms with van der Waals surface area (Å²) in [7, 11) is 0. The lowest BCUT2D eigenvalue weighted by molar-refractivity contribution is -0.0452. The molecule has 1 fully saturated rings. The highest BCUT2D eigenvalue weighted by Crippen LogP contribution is 2.39. The molecule has 1 aliphatic heterocycles. The van der Waals surface area contributed by atoms with Crippen molar-refractivity contribution in [1.29, 1.82) is 0 Å². The first-order chi connectivity index (χ1) is 21.0. The second-order valence-electron chi connectivity index (χ2n) is 9.74. The Morgan fingerprint density at radius 1 is 0.721 bits per heavy atom. The van der Waals surface area contributed by atoms with Gasteiger partial charge in [-0.1, -0.05) is 54.6 Å². The molecule has 3 aromatic carbocycles. The van der Waals surface area contributed by atoms with Gasteiger partial charge in [0.15, 0.2) is 12.2 Å². The zero-order valence-electron chi connectivity index (χ0n) is 22.7. The highest BCUT2D eigenvalue weighted by molar-refractivity contribution is 5.91. The number of benzene rings is 3. The van der Waals surface area contributed by atoms with Gasteiger partial charge in [0.1, 0.15) is 18.8 Å². The molecule has 6 rings (SSSR count). The van der Waals surface area contributed by atoms with Crippen molar-refractivity contribution in [2.24, 2.45) is 0 Å². The summed E-state index contributed by atoms with van der Waals surface area (Å²) >= 11 is 0. The molecule has 1 aliphatic rings. The zero-order chi connectivity index (χ0) is 29.8. The Morgan fingerprint density at radius 2 is 1.26 bits per heavy atom. The number of esters is 3. The summed E-state index contributed by atoms with van der Waals surface area (Å²) in [6, 6.07) is 28.7. The third-order valence-corrected chi connectivity index (χ3v) is 6.94. The largest absolute Gasteiger partial charge is 0.459 e. The molecule has 0 spiro atoms. The maximum Gasteiger partial charge on any atom is 0.338 e. The van der Waals surface area contributed by atoms with Gasteiger partial charge in [-0.15, -0.1) is 5.10 Å². The molecule has 0 aliphatic carbocycles. The van der Waals surface area contributed by atoms with Gasteiger partial charge in [0, 0.05) is 0 Å². The molecule has 216 valence electrons. The van der Waals surface area contributed by atoms with Gasteiger partial charge in [-0.2, -0.15) is 0 Å². The van der Waals surface area contributed by atoms with Crippen LogP contribution in [0, 0.1) is 0 Å². The monoisotopic (exact) mass is 578 g/mol. The number of fused-ring (bicyclic) bond motifs is 1. The highest BCUT2D eigenvalue weighted by Gasteiger charge is 2.52. The van der Waals surface area contributed by atoms with E-state index in [1.807, 2.05) is 0 Å². The number of aromatic nitrogens is 3. The van der Waals surface area contributed by atoms with Crippen molar-refractivity contribution in [3.05, 3.63) is 132 Å². The van der Waals surface area contributed by atoms with Crippen LogP contribution in [0.3, 0.4) is 0 Å². The number of nitrogens with zero attached hydrogens (tertiary/aromatic N) is 3. The smallest absolute Gasteiger partial charge is 0.338 e. The molecule has 1 saturated heterocycles. The maximum absolute atomic E-state index is 13.3. The Labute approximate surface area is 245 Å². The molecule has 11 heteroatoms. The highest BCUT2D eigenvalue weighted by atomic mass is 16.6. The van der Waals surface area contributed by atoms with E-state index in [0.29, 0.717) is 22.3 Å². The molecule has 2 aromatic heterocycles. The lowest BCUT2D eigenvalue weighted by Gasteiger charge is -2.24. The molecule has 5 aromatic rings. The van der Waals surface area contributed by atoms with Crippen LogP contribution in [0.2, 0.25) is 0 Å². The van der Waals surface area contributed by atoms with Crippen LogP contribution in [-0.4, -0.2) is 57.4 Å². The normalized spacial score (nSPS) is 19.5. The molecule has 43 heavy (non-hydrogen) atoms. The molecule has 4 atom stereocenters. The summed E-state index contributed by atoms with van der Waals surface area (Å²) < 4.78 is 25.5. The SMILES string of the molecule is Nc1ncc2ccc([C@@H]3O[C@H](COC(=O)c4ccccc4)[C@@H](OC(=O)c4ccccc4)[C@H]3OC(=O)c3ccccc3)n2n1. The molecule has 0 bridgehead atoms. The van der Waals surface area contributed by atoms with Crippen molar-refractivity contribution in [3.8, 4) is 0 Å². The van der Waals surface area contributed by atoms with Crippen LogP contribution < -0.4 is 5.73 Å². The summed E-state index contributed by atoms with van der Waals surface area (Å²) in [4.78, 5) is 43.5. The fourth-order valence-electron chi connectivity index (χ4n) is 4.87. The molecule has 0 saturated carbocycles. The van der Waals surface area contributed by atoms with Gasteiger partial charge in [0.25, 0.3) is 0 Å². The number of ether oxygens (including phenoxy) is 4. The second kappa shape index (κ2) is 12.1. The number of nitrogens with two attached hydrogens (primary N) is 1. The van der Waals surface area contributed by atoms with E-state index in [2.05, 4.69) is 10.1 Å². The van der Waals surface area contributed by atoms with E-state index in [1.54, 1.807) is 103 Å². The standard InChI is InChI=1S/C32H26N4O7/c33-32-34-18-23-16-17-24(36(23)35-32)26-28(43-31(39)22-14-8-3-9-15-22)27(42-30(38)21-12-6-2-7-13-21)25(41-26)19-40-29(37)20-10-4-1-5-11-20/h1-18,25-28H,19H2,(H2,33,35)/t25-,26+,27-,28+/m1/s1. The van der Waals surface area contributed by atoms with Crippen LogP contribution in [0.1, 0.15) is 42.9 Å². The summed E-state index contributed by atoms with van der Waals surface area (Å²) in [5.74, 6) is -1.90. The Kier molecular flexibility index (Phi) is 7.79. The van der Waals surface area contributed by atoms with Crippen LogP contribution in [0.5, 0.6) is 0 Å². The molecule has 0 amide bonds. The summed E-state index contributed by atoms with van der Waals surface area (Å²) in [5.41, 5.74) is 7.86. The Bertz CT molecular complexity index is 1750. The minimum Gasteiger partial charge on any atom is -0.459 e. The molecule has 0 radical (unpaired) electrons. The van der Waals surface area contributed by atoms with Crippen LogP contribution >= 0.6 is 0 Å². The molecular formula is C32H26N4O7. The lowest BCUT2D eigenvalue weighted by atomic mass is 10.0. The zero-order valence-corrected chi connectivity index (χ0v) is 22.7. The predicted octanol–water partition coefficient (Wildman–Crippen LogP) is 4.06. The van der Waals surface area contributed by atoms with E-state index in [1.165, 1.54) is 10.7 Å². The van der Waals surface area contributed by atoms with Gasteiger partial charge in [-0.25, -0.2) is 23.9 Å². The van der Waals surface area contributed by atoms with Crippen molar-refractivity contribution < 1.29 is 33.3 Å². The van der Waals surface area contributed by atoms with Crippen LogP contribution in [0.4, 0.5) is 5.95 Å². The van der Waals surface area contributed by atoms with Crippen molar-refractivity contribution in [3.63, 3.8) is 0 Å². The first kappa shape index (κ1) is 27.6. The minimum atomic E-state index is -1.17. The average Bonchev–Trinajstić information content (AvgIpc) is 3.61. The lowest BCUT2D eigenvalue weighted by Crippen LogP contribution is -2.41. The molecule has 2 N–H and O–H groups in total. The van der Waals surface area contributed by atoms with E-state index in [-0.39, 0.29) is 18.1 Å². The summed E-state index contributed by atoms with van der Waals surface area (Å²) in [6.07, 6.45) is -2.78. The number of rotatable bonds is 8. The third kappa shape index (κ3) is 5.92. The second-order valence-corrected chi connectivity index (χ2v) is 9.74. The molecular weight excluding hydrogens is 552 g/mol. The van der Waals surface area contributed by atoms with E-state index in [9.17, 15) is 14.4 Å². The number of nitrogen functional groups attached to an aromatic ring is 1. The number of carbonyl (C=O) groups excluding carboxylic acids is 3. The third-order valence-electron chi connectivity index (χ3n) is 6.94. The van der Waals surface area contributed by atoms with Crippen molar-refractivity contribution in [2.45, 2.75) is 24.4 Å². The Hall–Kier alpha value is -5.55. The van der Waals surface area contributed by atoms with Crippen LogP contribution in [0.25, 0.3) is 5.52 Å². The van der Waals surface area contributed by atoms with Crippen LogP contribution in [0.15, 0.2) is 109 Å². The maximum atomic E-state index is 13.3. The topological polar surface area (TPSA) is 144 Å². The fourth-order valence-corrected chi connectivity index (χ4v) is 4.87. The van der Waals surface area contributed by atoms with Crippen molar-refractivity contribution >= 4 is 29.4 Å². The van der Waals surface area contributed by atoms with Crippen molar-refractivity contribution in [2.75, 3.05) is 12.3 Å². The number of carbonyl (C=O) groups is 3. The van der Waals surface area contributed by atoms with E-state index >= 15 is 0 Å². The first-order valence-corrected chi connectivity index (χ1v) is 13.5. The van der Waals surface area contributed by atoms with Gasteiger partial charge in [0.05, 0.1) is 34.1 Å². The van der Waals surface area contributed by atoms with Gasteiger partial charge < -0.3 is 24.7 Å². The number of hydrogen-bond acceptors (Lipinski definition) is 10. The van der Waals surface area contributed by atoms with E-state index < -0.39 is 42.3 Å². The van der Waals surface area contributed by atoms with Gasteiger partial charge in [-0.3, -0.25) is 0 Å². The van der Waals surface area contributed by atoms with Gasteiger partial charge in [-0.05, 0) is 48.5 Å². The Balaban J connectivity index is 1.37. The summed E-state index contributed by atoms with van der Waals surface area (Å²) in [5, 5.41) is 4.29. The summed E-state index contributed by atoms with van der Waals surface area (Å²) in [6.45, 7) is -0.295. The number of anilines is 1. The molecule has 11 nitrogen and oxygen atoms in total. The number of hydrogen-bond donors (Lipinski definition) is 1. The first-order valence-electron chi connectivity index (χ1n) is 13.5. The molecule has 0 unspecified atom stereocenters. The average molecular weight is 579 g/mol. The predicted molar refractivity (Wildman–Crippen MR) is 153 cm³/mol. The van der Waals surface area contributed by atoms with Gasteiger partial charge >= 0.3 is 17.9 Å². The van der Waals surface area contributed by atoms with Crippen LogP contribution in [-0.2, 0) is 18.9 Å². The quantitative estimate of drug-likeness (QED) is 0.211. The van der Waals surface area contributed by atoms with E-state index in [4.69, 9.17) is 24.7 Å². The van der Waals surface area contributed by atoms with Crippen molar-refractivity contribution in [1.82, 2.24) is 14.6 Å². The molecule has 3 heterocycles. The van der Waals surface area contributed by atoms with Gasteiger partial charge in [0.2, 0.25) is 5.95 Å².